The Kier molecular flexibility index (Phi) is 4.05. The van der Waals surface area contributed by atoms with Gasteiger partial charge in [-0.15, -0.1) is 0 Å². The normalized spacial score (nSPS) is 50.3. The Balaban J connectivity index is 1.39. The lowest BCUT2D eigenvalue weighted by molar-refractivity contribution is -0.184. The van der Waals surface area contributed by atoms with Crippen LogP contribution in [-0.2, 0) is 47.6 Å². The van der Waals surface area contributed by atoms with Gasteiger partial charge in [0.15, 0.2) is 0 Å². The van der Waals surface area contributed by atoms with Crippen LogP contribution in [0.15, 0.2) is 0 Å². The van der Waals surface area contributed by atoms with Gasteiger partial charge in [0.2, 0.25) is 22.4 Å². The van der Waals surface area contributed by atoms with Gasteiger partial charge < -0.3 is 28.4 Å². The maximum absolute atomic E-state index is 13.0. The van der Waals surface area contributed by atoms with Crippen molar-refractivity contribution in [2.24, 2.45) is 35.5 Å². The monoisotopic (exact) mass is 464 g/mol. The Morgan fingerprint density at radius 3 is 1.03 bits per heavy atom. The lowest BCUT2D eigenvalue weighted by Crippen LogP contribution is -2.74. The lowest BCUT2D eigenvalue weighted by Gasteiger charge is -2.56. The molecule has 10 atom stereocenters. The summed E-state index contributed by atoms with van der Waals surface area (Å²) in [6, 6.07) is 0. The SMILES string of the molecule is CCOC(=O)[C@]12O[C@@]1(C(=O)OCC)[C@@H]1C3CC([C@@H]4[C@H]3[C@@]3(C(=O)OCC)O[C@@]43C(=O)OCC)[C@@H]12. The fraction of sp³-hybridized carbons (Fsp3) is 0.826. The zero-order valence-electron chi connectivity index (χ0n) is 19.1. The van der Waals surface area contributed by atoms with Crippen molar-refractivity contribution in [3.05, 3.63) is 0 Å². The second-order valence-electron chi connectivity index (χ2n) is 9.70. The second kappa shape index (κ2) is 6.27. The molecule has 0 N–H and O–H groups in total. The lowest BCUT2D eigenvalue weighted by atomic mass is 9.40. The molecule has 4 saturated carbocycles. The van der Waals surface area contributed by atoms with Crippen molar-refractivity contribution in [1.29, 1.82) is 0 Å². The molecule has 0 aromatic carbocycles. The number of hydrogen-bond donors (Lipinski definition) is 0. The topological polar surface area (TPSA) is 130 Å². The highest BCUT2D eigenvalue weighted by Gasteiger charge is 3.07. The molecule has 33 heavy (non-hydrogen) atoms. The maximum Gasteiger partial charge on any atom is 0.342 e. The highest BCUT2D eigenvalue weighted by molar-refractivity contribution is 6.05. The first-order chi connectivity index (χ1) is 15.8. The molecule has 0 aromatic heterocycles. The number of esters is 4. The van der Waals surface area contributed by atoms with Crippen LogP contribution in [0.4, 0.5) is 0 Å². The molecule has 180 valence electrons. The number of carbonyl (C=O) groups is 4. The first-order valence-electron chi connectivity index (χ1n) is 11.9. The van der Waals surface area contributed by atoms with Crippen LogP contribution in [0.3, 0.4) is 0 Å². The van der Waals surface area contributed by atoms with Gasteiger partial charge in [0.1, 0.15) is 0 Å². The van der Waals surface area contributed by atoms with Crippen LogP contribution in [0.5, 0.6) is 0 Å². The number of fused-ring (bicyclic) bond motifs is 14. The molecule has 0 radical (unpaired) electrons. The Morgan fingerprint density at radius 1 is 0.576 bits per heavy atom. The van der Waals surface area contributed by atoms with Crippen LogP contribution in [0.1, 0.15) is 34.1 Å². The number of epoxide rings is 2. The molecule has 10 heteroatoms. The van der Waals surface area contributed by atoms with E-state index < -0.39 is 46.3 Å². The molecule has 2 aliphatic heterocycles. The van der Waals surface area contributed by atoms with Gasteiger partial charge in [-0.25, -0.2) is 19.2 Å². The molecule has 6 aliphatic rings. The van der Waals surface area contributed by atoms with Crippen molar-refractivity contribution in [3.63, 3.8) is 0 Å². The largest absolute Gasteiger partial charge is 0.464 e. The van der Waals surface area contributed by atoms with E-state index in [1.807, 2.05) is 0 Å². The smallest absolute Gasteiger partial charge is 0.342 e. The summed E-state index contributed by atoms with van der Waals surface area (Å²) in [5.74, 6) is -3.77. The molecule has 0 spiro atoms. The molecule has 4 aliphatic carbocycles. The summed E-state index contributed by atoms with van der Waals surface area (Å²) in [7, 11) is 0. The quantitative estimate of drug-likeness (QED) is 0.215. The molecule has 0 amide bonds. The zero-order chi connectivity index (χ0) is 23.6. The predicted octanol–water partition coefficient (Wildman–Crippen LogP) is 0.396. The van der Waals surface area contributed by atoms with E-state index in [0.717, 1.165) is 0 Å². The minimum absolute atomic E-state index is 0.145. The van der Waals surface area contributed by atoms with Crippen LogP contribution in [0.25, 0.3) is 0 Å². The standard InChI is InChI=1S/C23H28O10/c1-5-28-16(24)20-12-10-9-11(13(12)21(20,32-20)17(25)29-6-2)15-14(10)22(18(26)30-7-3)23(15,33-22)19(27)31-8-4/h10-15H,5-9H2,1-4H3/t10?,11?,12-,13+,14+,15-,20-,21+,22+,23-. The Hall–Kier alpha value is -2.20. The minimum atomic E-state index is -1.39. The third-order valence-electron chi connectivity index (χ3n) is 9.02. The number of hydrogen-bond acceptors (Lipinski definition) is 10. The minimum Gasteiger partial charge on any atom is -0.464 e. The molecule has 6 rings (SSSR count). The van der Waals surface area contributed by atoms with Crippen molar-refractivity contribution in [2.75, 3.05) is 26.4 Å². The van der Waals surface area contributed by atoms with E-state index in [4.69, 9.17) is 28.4 Å². The van der Waals surface area contributed by atoms with Gasteiger partial charge in [-0.2, -0.15) is 0 Å². The number of carbonyl (C=O) groups excluding carboxylic acids is 4. The van der Waals surface area contributed by atoms with Crippen LogP contribution >= 0.6 is 0 Å². The van der Waals surface area contributed by atoms with Crippen molar-refractivity contribution in [2.45, 2.75) is 56.5 Å². The third kappa shape index (κ3) is 1.84. The molecular formula is C23H28O10. The molecule has 2 unspecified atom stereocenters. The van der Waals surface area contributed by atoms with E-state index in [9.17, 15) is 19.2 Å². The van der Waals surface area contributed by atoms with Gasteiger partial charge in [-0.05, 0) is 46.0 Å². The van der Waals surface area contributed by atoms with Gasteiger partial charge in [-0.3, -0.25) is 0 Å². The van der Waals surface area contributed by atoms with Crippen LogP contribution in [0.2, 0.25) is 0 Å². The van der Waals surface area contributed by atoms with E-state index in [0.29, 0.717) is 6.42 Å². The summed E-state index contributed by atoms with van der Waals surface area (Å²) in [5.41, 5.74) is -5.57. The first kappa shape index (κ1) is 21.3. The molecule has 2 bridgehead atoms. The Bertz CT molecular complexity index is 830. The summed E-state index contributed by atoms with van der Waals surface area (Å²) >= 11 is 0. The second-order valence-corrected chi connectivity index (χ2v) is 9.70. The molecule has 2 heterocycles. The summed E-state index contributed by atoms with van der Waals surface area (Å²) in [4.78, 5) is 52.2. The third-order valence-corrected chi connectivity index (χ3v) is 9.02. The summed E-state index contributed by atoms with van der Waals surface area (Å²) in [6.07, 6.45) is 0.669. The zero-order valence-corrected chi connectivity index (χ0v) is 19.1. The van der Waals surface area contributed by atoms with E-state index >= 15 is 0 Å². The van der Waals surface area contributed by atoms with Gasteiger partial charge in [-0.1, -0.05) is 0 Å². The highest BCUT2D eigenvalue weighted by atomic mass is 16.7. The van der Waals surface area contributed by atoms with E-state index in [2.05, 4.69) is 0 Å². The molecular weight excluding hydrogens is 436 g/mol. The molecule has 2 saturated heterocycles. The van der Waals surface area contributed by atoms with Crippen LogP contribution in [-0.4, -0.2) is 72.7 Å². The van der Waals surface area contributed by atoms with Crippen molar-refractivity contribution >= 4 is 23.9 Å². The summed E-state index contributed by atoms with van der Waals surface area (Å²) < 4.78 is 33.3. The fourth-order valence-corrected chi connectivity index (χ4v) is 8.43. The van der Waals surface area contributed by atoms with E-state index in [-0.39, 0.29) is 61.9 Å². The van der Waals surface area contributed by atoms with Gasteiger partial charge in [0.05, 0.1) is 26.4 Å². The highest BCUT2D eigenvalue weighted by Crippen LogP contribution is 2.90. The summed E-state index contributed by atoms with van der Waals surface area (Å²) in [5, 5.41) is 0. The predicted molar refractivity (Wildman–Crippen MR) is 105 cm³/mol. The fourth-order valence-electron chi connectivity index (χ4n) is 8.43. The first-order valence-corrected chi connectivity index (χ1v) is 11.9. The number of rotatable bonds is 8. The average Bonchev–Trinajstić information content (AvgIpc) is 3.42. The van der Waals surface area contributed by atoms with Crippen LogP contribution < -0.4 is 0 Å². The Morgan fingerprint density at radius 2 is 0.818 bits per heavy atom. The van der Waals surface area contributed by atoms with Crippen molar-refractivity contribution in [1.82, 2.24) is 0 Å². The van der Waals surface area contributed by atoms with Crippen molar-refractivity contribution in [3.8, 4) is 0 Å². The average molecular weight is 464 g/mol. The maximum atomic E-state index is 13.0. The van der Waals surface area contributed by atoms with Gasteiger partial charge >= 0.3 is 23.9 Å². The van der Waals surface area contributed by atoms with Crippen LogP contribution in [0, 0.1) is 35.5 Å². The Labute approximate surface area is 190 Å². The molecule has 6 fully saturated rings. The number of ether oxygens (including phenoxy) is 6. The van der Waals surface area contributed by atoms with E-state index in [1.165, 1.54) is 0 Å². The summed E-state index contributed by atoms with van der Waals surface area (Å²) in [6.45, 7) is 7.41. The molecule has 10 nitrogen and oxygen atoms in total. The van der Waals surface area contributed by atoms with Gasteiger partial charge in [0.25, 0.3) is 0 Å². The van der Waals surface area contributed by atoms with E-state index in [1.54, 1.807) is 27.7 Å². The van der Waals surface area contributed by atoms with Gasteiger partial charge in [0, 0.05) is 23.7 Å². The van der Waals surface area contributed by atoms with Crippen molar-refractivity contribution < 1.29 is 47.6 Å². The molecule has 0 aromatic rings.